The van der Waals surface area contributed by atoms with E-state index in [9.17, 15) is 0 Å². The molecule has 1 rings (SSSR count). The van der Waals surface area contributed by atoms with E-state index in [0.717, 1.165) is 26.3 Å². The van der Waals surface area contributed by atoms with Crippen molar-refractivity contribution in [2.75, 3.05) is 32.2 Å². The van der Waals surface area contributed by atoms with Crippen LogP contribution in [0.3, 0.4) is 0 Å². The maximum absolute atomic E-state index is 8.66. The first-order valence-corrected chi connectivity index (χ1v) is 4.19. The number of nitriles is 1. The lowest BCUT2D eigenvalue weighted by atomic mass is 10.3. The Hall–Kier alpha value is -0.300. The first kappa shape index (κ1) is 8.79. The van der Waals surface area contributed by atoms with Gasteiger partial charge in [-0.15, -0.1) is 11.6 Å². The van der Waals surface area contributed by atoms with E-state index >= 15 is 0 Å². The Labute approximate surface area is 71.5 Å². The molecule has 0 aliphatic carbocycles. The fourth-order valence-corrected chi connectivity index (χ4v) is 1.37. The van der Waals surface area contributed by atoms with Gasteiger partial charge in [0.1, 0.15) is 6.04 Å². The Morgan fingerprint density at radius 2 is 2.18 bits per heavy atom. The third-order valence-electron chi connectivity index (χ3n) is 1.78. The second kappa shape index (κ2) is 4.55. The Balaban J connectivity index is 2.38. The maximum Gasteiger partial charge on any atom is 0.112 e. The molecule has 62 valence electrons. The third-order valence-corrected chi connectivity index (χ3v) is 2.07. The molecule has 0 N–H and O–H groups in total. The first-order chi connectivity index (χ1) is 5.38. The van der Waals surface area contributed by atoms with Crippen molar-refractivity contribution in [2.45, 2.75) is 6.04 Å². The molecule has 3 nitrogen and oxygen atoms in total. The molecule has 1 atom stereocenters. The van der Waals surface area contributed by atoms with Gasteiger partial charge in [0.05, 0.1) is 25.2 Å². The number of alkyl halides is 1. The summed E-state index contributed by atoms with van der Waals surface area (Å²) in [5.41, 5.74) is 0. The Bertz CT molecular complexity index is 151. The molecule has 4 heteroatoms. The Kier molecular flexibility index (Phi) is 3.64. The van der Waals surface area contributed by atoms with Crippen molar-refractivity contribution in [3.05, 3.63) is 0 Å². The lowest BCUT2D eigenvalue weighted by molar-refractivity contribution is 0.0304. The molecule has 1 heterocycles. The van der Waals surface area contributed by atoms with Crippen molar-refractivity contribution in [3.63, 3.8) is 0 Å². The predicted octanol–water partition coefficient (Wildman–Crippen LogP) is 0.450. The average molecular weight is 175 g/mol. The van der Waals surface area contributed by atoms with Gasteiger partial charge in [-0.3, -0.25) is 4.90 Å². The molecule has 0 spiro atoms. The van der Waals surface area contributed by atoms with Crippen LogP contribution in [0.4, 0.5) is 0 Å². The normalized spacial score (nSPS) is 22.5. The van der Waals surface area contributed by atoms with Crippen molar-refractivity contribution >= 4 is 11.6 Å². The van der Waals surface area contributed by atoms with Crippen LogP contribution in [-0.4, -0.2) is 43.1 Å². The largest absolute Gasteiger partial charge is 0.379 e. The summed E-state index contributed by atoms with van der Waals surface area (Å²) in [6.07, 6.45) is 0. The van der Waals surface area contributed by atoms with E-state index in [4.69, 9.17) is 21.6 Å². The lowest BCUT2D eigenvalue weighted by Gasteiger charge is -2.29. The van der Waals surface area contributed by atoms with Gasteiger partial charge in [0, 0.05) is 13.1 Å². The minimum absolute atomic E-state index is 0.138. The number of halogens is 1. The zero-order chi connectivity index (χ0) is 8.10. The molecule has 0 aromatic heterocycles. The third kappa shape index (κ3) is 2.33. The van der Waals surface area contributed by atoms with Crippen molar-refractivity contribution in [1.82, 2.24) is 4.90 Å². The first-order valence-electron chi connectivity index (χ1n) is 3.66. The molecular formula is C7H11ClN2O. The smallest absolute Gasteiger partial charge is 0.112 e. The van der Waals surface area contributed by atoms with E-state index in [2.05, 4.69) is 11.0 Å². The highest BCUT2D eigenvalue weighted by Crippen LogP contribution is 2.04. The van der Waals surface area contributed by atoms with Crippen LogP contribution in [0.25, 0.3) is 0 Å². The highest BCUT2D eigenvalue weighted by atomic mass is 35.5. The number of ether oxygens (including phenoxy) is 1. The van der Waals surface area contributed by atoms with Crippen LogP contribution in [0.5, 0.6) is 0 Å². The summed E-state index contributed by atoms with van der Waals surface area (Å²) in [5.74, 6) is 0.385. The monoisotopic (exact) mass is 174 g/mol. The highest BCUT2D eigenvalue weighted by Gasteiger charge is 2.18. The van der Waals surface area contributed by atoms with E-state index in [0.29, 0.717) is 5.88 Å². The standard InChI is InChI=1S/C7H11ClN2O/c8-5-7(6-9)10-1-3-11-4-2-10/h7H,1-5H2. The van der Waals surface area contributed by atoms with Crippen LogP contribution < -0.4 is 0 Å². The summed E-state index contributed by atoms with van der Waals surface area (Å²) in [5, 5.41) is 8.66. The van der Waals surface area contributed by atoms with Crippen molar-refractivity contribution in [1.29, 1.82) is 5.26 Å². The van der Waals surface area contributed by atoms with Gasteiger partial charge in [-0.25, -0.2) is 0 Å². The van der Waals surface area contributed by atoms with E-state index in [-0.39, 0.29) is 6.04 Å². The summed E-state index contributed by atoms with van der Waals surface area (Å²) in [6.45, 7) is 3.08. The van der Waals surface area contributed by atoms with Crippen LogP contribution in [0.15, 0.2) is 0 Å². The molecule has 0 saturated carbocycles. The SMILES string of the molecule is N#CC(CCl)N1CCOCC1. The molecule has 0 bridgehead atoms. The molecule has 0 aromatic carbocycles. The lowest BCUT2D eigenvalue weighted by Crippen LogP contribution is -2.43. The molecule has 1 saturated heterocycles. The fourth-order valence-electron chi connectivity index (χ4n) is 1.10. The number of rotatable bonds is 2. The highest BCUT2D eigenvalue weighted by molar-refractivity contribution is 6.18. The van der Waals surface area contributed by atoms with E-state index < -0.39 is 0 Å². The minimum atomic E-state index is -0.138. The Morgan fingerprint density at radius 1 is 1.55 bits per heavy atom. The molecule has 1 unspecified atom stereocenters. The second-order valence-electron chi connectivity index (χ2n) is 2.45. The number of nitrogens with zero attached hydrogens (tertiary/aromatic N) is 2. The zero-order valence-electron chi connectivity index (χ0n) is 6.29. The molecule has 1 aliphatic heterocycles. The molecule has 1 aliphatic rings. The van der Waals surface area contributed by atoms with Crippen molar-refractivity contribution in [2.24, 2.45) is 0 Å². The van der Waals surface area contributed by atoms with Crippen LogP contribution in [0.1, 0.15) is 0 Å². The molecule has 1 fully saturated rings. The minimum Gasteiger partial charge on any atom is -0.379 e. The fraction of sp³-hybridized carbons (Fsp3) is 0.857. The summed E-state index contributed by atoms with van der Waals surface area (Å²) in [6, 6.07) is 2.02. The topological polar surface area (TPSA) is 36.3 Å². The van der Waals surface area contributed by atoms with Gasteiger partial charge < -0.3 is 4.74 Å². The van der Waals surface area contributed by atoms with Crippen molar-refractivity contribution < 1.29 is 4.74 Å². The van der Waals surface area contributed by atoms with Crippen LogP contribution in [0.2, 0.25) is 0 Å². The molecule has 0 amide bonds. The predicted molar refractivity (Wildman–Crippen MR) is 42.5 cm³/mol. The van der Waals surface area contributed by atoms with E-state index in [1.54, 1.807) is 0 Å². The zero-order valence-corrected chi connectivity index (χ0v) is 7.05. The van der Waals surface area contributed by atoms with Gasteiger partial charge in [0.2, 0.25) is 0 Å². The molecule has 0 radical (unpaired) electrons. The average Bonchev–Trinajstić information content (AvgIpc) is 2.09. The van der Waals surface area contributed by atoms with Gasteiger partial charge in [0.25, 0.3) is 0 Å². The maximum atomic E-state index is 8.66. The second-order valence-corrected chi connectivity index (χ2v) is 2.76. The Morgan fingerprint density at radius 3 is 2.64 bits per heavy atom. The van der Waals surface area contributed by atoms with E-state index in [1.165, 1.54) is 0 Å². The molecule has 0 aromatic rings. The number of hydrogen-bond acceptors (Lipinski definition) is 3. The summed E-state index contributed by atoms with van der Waals surface area (Å²) in [7, 11) is 0. The van der Waals surface area contributed by atoms with E-state index in [1.807, 2.05) is 0 Å². The van der Waals surface area contributed by atoms with Gasteiger partial charge in [0.15, 0.2) is 0 Å². The van der Waals surface area contributed by atoms with Gasteiger partial charge >= 0.3 is 0 Å². The van der Waals surface area contributed by atoms with Crippen molar-refractivity contribution in [3.8, 4) is 6.07 Å². The molecule has 11 heavy (non-hydrogen) atoms. The van der Waals surface area contributed by atoms with Crippen LogP contribution in [0, 0.1) is 11.3 Å². The quantitative estimate of drug-likeness (QED) is 0.571. The number of morpholine rings is 1. The van der Waals surface area contributed by atoms with Crippen LogP contribution >= 0.6 is 11.6 Å². The molecular weight excluding hydrogens is 164 g/mol. The number of hydrogen-bond donors (Lipinski definition) is 0. The summed E-state index contributed by atoms with van der Waals surface area (Å²) in [4.78, 5) is 2.05. The van der Waals surface area contributed by atoms with Crippen LogP contribution in [-0.2, 0) is 4.74 Å². The summed E-state index contributed by atoms with van der Waals surface area (Å²) >= 11 is 5.60. The van der Waals surface area contributed by atoms with Gasteiger partial charge in [-0.05, 0) is 0 Å². The summed E-state index contributed by atoms with van der Waals surface area (Å²) < 4.78 is 5.14. The van der Waals surface area contributed by atoms with Gasteiger partial charge in [-0.2, -0.15) is 5.26 Å². The van der Waals surface area contributed by atoms with Gasteiger partial charge in [-0.1, -0.05) is 0 Å².